The number of nitrogens with one attached hydrogen (secondary N) is 2. The van der Waals surface area contributed by atoms with E-state index >= 15 is 0 Å². The number of anilines is 2. The van der Waals surface area contributed by atoms with Gasteiger partial charge in [-0.2, -0.15) is 13.2 Å². The number of aliphatic hydroxyl groups is 2. The number of hydrogen-bond acceptors (Lipinski definition) is 12. The average molecular weight is 1130 g/mol. The number of alkyl halides is 5. The Kier molecular flexibility index (Phi) is 15.4. The largest absolute Gasteiger partial charge is 0.416 e. The molecule has 6 heterocycles. The molecular formula is C58H72ClF5N14O2. The molecule has 22 heteroatoms. The molecule has 428 valence electrons. The molecule has 8 aromatic rings. The summed E-state index contributed by atoms with van der Waals surface area (Å²) >= 11 is 6.07. The van der Waals surface area contributed by atoms with Crippen LogP contribution < -0.4 is 11.5 Å². The fraction of sp³-hybridized carbons (Fsp3) is 0.552. The lowest BCUT2D eigenvalue weighted by atomic mass is 9.76. The highest BCUT2D eigenvalue weighted by molar-refractivity contribution is 6.32. The maximum atomic E-state index is 13.8. The van der Waals surface area contributed by atoms with Crippen molar-refractivity contribution in [3.05, 3.63) is 94.8 Å². The number of nitrogen functional groups attached to an aromatic ring is 2. The van der Waals surface area contributed by atoms with Crippen LogP contribution in [0.25, 0.3) is 44.1 Å². The van der Waals surface area contributed by atoms with E-state index < -0.39 is 29.9 Å². The lowest BCUT2D eigenvalue weighted by Crippen LogP contribution is -2.49. The number of nitrogens with zero attached hydrogens (tertiary/aromatic N) is 10. The quantitative estimate of drug-likeness (QED) is 0.0498. The second-order valence-corrected chi connectivity index (χ2v) is 24.4. The number of aromatic nitrogens is 10. The summed E-state index contributed by atoms with van der Waals surface area (Å²) in [5.74, 6) is 1.45. The normalized spacial score (nSPS) is 25.4. The Labute approximate surface area is 465 Å². The number of aryl methyl sites for hydroxylation is 3. The van der Waals surface area contributed by atoms with Gasteiger partial charge in [0.2, 0.25) is 0 Å². The van der Waals surface area contributed by atoms with Crippen molar-refractivity contribution >= 4 is 67.4 Å². The van der Waals surface area contributed by atoms with Crippen molar-refractivity contribution in [2.24, 2.45) is 23.7 Å². The molecule has 12 rings (SSSR count). The predicted molar refractivity (Wildman–Crippen MR) is 300 cm³/mol. The number of fused-ring (bicyclic) bond motifs is 4. The number of imidazole rings is 2. The number of halogens is 6. The predicted octanol–water partition coefficient (Wildman–Crippen LogP) is 11.0. The van der Waals surface area contributed by atoms with Gasteiger partial charge in [0, 0.05) is 68.9 Å². The average Bonchev–Trinajstić information content (AvgIpc) is 4.25. The minimum absolute atomic E-state index is 0.0114. The number of aliphatic hydroxyl groups excluding tert-OH is 2. The highest BCUT2D eigenvalue weighted by Crippen LogP contribution is 2.44. The summed E-state index contributed by atoms with van der Waals surface area (Å²) in [5.41, 5.74) is 15.2. The van der Waals surface area contributed by atoms with Gasteiger partial charge in [-0.05, 0) is 158 Å². The number of aromatic amines is 2. The van der Waals surface area contributed by atoms with Crippen LogP contribution in [0.3, 0.4) is 0 Å². The third-order valence-electron chi connectivity index (χ3n) is 18.0. The van der Waals surface area contributed by atoms with Gasteiger partial charge in [0.25, 0.3) is 5.92 Å². The highest BCUT2D eigenvalue weighted by atomic mass is 35.5. The van der Waals surface area contributed by atoms with Gasteiger partial charge in [-0.25, -0.2) is 38.7 Å². The number of hydrogen-bond donors (Lipinski definition) is 6. The van der Waals surface area contributed by atoms with Gasteiger partial charge in [0.1, 0.15) is 47.2 Å². The van der Waals surface area contributed by atoms with Crippen molar-refractivity contribution in [2.75, 3.05) is 31.6 Å². The van der Waals surface area contributed by atoms with Crippen molar-refractivity contribution in [3.63, 3.8) is 0 Å². The molecule has 6 aromatic heterocycles. The molecule has 4 aliphatic carbocycles. The van der Waals surface area contributed by atoms with Crippen LogP contribution in [0.1, 0.15) is 125 Å². The van der Waals surface area contributed by atoms with Crippen molar-refractivity contribution in [1.29, 1.82) is 0 Å². The SMILES string of the molecule is CN(C[C@@H]1C[C@@H](O)[C@H](n2ccc3c(N)ncnc32)C1)C1CC(CCc2nc3cc(Cl)c(C(C)(F)F)cc3[nH]2)C1.Cc1cc2[nH]c(CCC3CC(N(C[C@@H]4C[C@@H](O)[C@H](n5ccc6c(N)ncnc65)C4)C(C)C)C3)nc2cc1C(F)(F)F. The molecule has 0 aliphatic heterocycles. The monoisotopic (exact) mass is 1130 g/mol. The molecule has 0 radical (unpaired) electrons. The molecule has 16 nitrogen and oxygen atoms in total. The molecule has 4 aliphatic rings. The highest BCUT2D eigenvalue weighted by Gasteiger charge is 2.42. The topological polar surface area (TPSA) is 218 Å². The van der Waals surface area contributed by atoms with E-state index in [1.807, 2.05) is 24.5 Å². The standard InChI is InChI=1S/C30H38F3N7O.C28H34ClF2N7O/c1-16(2)40(14-19-11-25(26(41)12-19)39-7-6-21-28(34)35-15-36-29(21)39)20-9-18(10-20)4-5-27-37-23-8-17(3)22(30(31,32)33)13-24(23)38-27;1-28(30,31)19-11-21-22(12-20(19)29)36-25(35-21)4-3-15-7-17(8-15)37(2)13-16-9-23(24(39)10-16)38-6-5-18-26(32)33-14-34-27(18)38/h6-8,13,15-16,18-20,25-26,41H,4-5,9-12,14H2,1-3H3,(H,37,38)(H2,34,35,36);5-6,11-12,14-17,23-24,39H,3-4,7-10,13H2,1-2H3,(H,35,36)(H2,32,33,34)/t18?,19-,20?,25+,26+;15?,16-,17?,23+,24+/m00/s1. The van der Waals surface area contributed by atoms with Crippen LogP contribution in [0, 0.1) is 30.6 Å². The van der Waals surface area contributed by atoms with E-state index in [1.54, 1.807) is 6.07 Å². The minimum Gasteiger partial charge on any atom is -0.391 e. The van der Waals surface area contributed by atoms with Crippen molar-refractivity contribution in [1.82, 2.24) is 58.8 Å². The van der Waals surface area contributed by atoms with Crippen LogP contribution in [0.15, 0.2) is 61.4 Å². The minimum atomic E-state index is -4.38. The maximum Gasteiger partial charge on any atom is 0.416 e. The molecule has 0 unspecified atom stereocenters. The van der Waals surface area contributed by atoms with Crippen LogP contribution in [0.5, 0.6) is 0 Å². The van der Waals surface area contributed by atoms with Gasteiger partial charge in [0.05, 0.1) is 67.7 Å². The summed E-state index contributed by atoms with van der Waals surface area (Å²) in [5, 5.41) is 23.5. The summed E-state index contributed by atoms with van der Waals surface area (Å²) in [4.78, 5) is 37.5. The lowest BCUT2D eigenvalue weighted by molar-refractivity contribution is -0.138. The lowest BCUT2D eigenvalue weighted by Gasteiger charge is -2.46. The third kappa shape index (κ3) is 11.5. The molecule has 8 N–H and O–H groups in total. The van der Waals surface area contributed by atoms with Crippen LogP contribution in [0.2, 0.25) is 5.02 Å². The molecule has 6 atom stereocenters. The van der Waals surface area contributed by atoms with Gasteiger partial charge in [-0.1, -0.05) is 11.6 Å². The van der Waals surface area contributed by atoms with E-state index in [4.69, 9.17) is 23.1 Å². The Morgan fingerprint density at radius 1 is 0.675 bits per heavy atom. The second-order valence-electron chi connectivity index (χ2n) is 24.0. The fourth-order valence-electron chi connectivity index (χ4n) is 13.6. The van der Waals surface area contributed by atoms with Gasteiger partial charge in [-0.3, -0.25) is 4.90 Å². The Morgan fingerprint density at radius 3 is 1.69 bits per heavy atom. The van der Waals surface area contributed by atoms with Crippen molar-refractivity contribution < 1.29 is 32.2 Å². The molecule has 2 aromatic carbocycles. The molecule has 0 saturated heterocycles. The van der Waals surface area contributed by atoms with Crippen LogP contribution in [-0.2, 0) is 24.9 Å². The van der Waals surface area contributed by atoms with E-state index in [1.165, 1.54) is 31.7 Å². The summed E-state index contributed by atoms with van der Waals surface area (Å²) in [6, 6.07) is 10.9. The third-order valence-corrected chi connectivity index (χ3v) is 18.3. The first-order chi connectivity index (χ1) is 38.0. The Balaban J connectivity index is 0.000000169. The number of nitrogens with two attached hydrogens (primary N) is 2. The first kappa shape index (κ1) is 55.9. The number of H-pyrrole nitrogens is 2. The molecule has 4 saturated carbocycles. The van der Waals surface area contributed by atoms with E-state index in [9.17, 15) is 32.2 Å². The molecule has 4 fully saturated rings. The van der Waals surface area contributed by atoms with Crippen LogP contribution in [0.4, 0.5) is 33.6 Å². The maximum absolute atomic E-state index is 13.8. The van der Waals surface area contributed by atoms with Crippen LogP contribution >= 0.6 is 11.6 Å². The molecule has 0 bridgehead atoms. The first-order valence-electron chi connectivity index (χ1n) is 28.1. The first-order valence-corrected chi connectivity index (χ1v) is 28.5. The zero-order valence-electron chi connectivity index (χ0n) is 45.8. The van der Waals surface area contributed by atoms with Gasteiger partial charge >= 0.3 is 6.18 Å². The zero-order valence-corrected chi connectivity index (χ0v) is 46.6. The molecule has 80 heavy (non-hydrogen) atoms. The summed E-state index contributed by atoms with van der Waals surface area (Å²) in [6.07, 6.45) is 12.9. The van der Waals surface area contributed by atoms with Gasteiger partial charge < -0.3 is 45.7 Å². The molecule has 0 spiro atoms. The van der Waals surface area contributed by atoms with Gasteiger partial charge in [-0.15, -0.1) is 0 Å². The Morgan fingerprint density at radius 2 is 1.18 bits per heavy atom. The van der Waals surface area contributed by atoms with Gasteiger partial charge in [0.15, 0.2) is 0 Å². The fourth-order valence-corrected chi connectivity index (χ4v) is 13.9. The Hall–Kier alpha value is -6.00. The summed E-state index contributed by atoms with van der Waals surface area (Å²) < 4.78 is 71.6. The Bertz CT molecular complexity index is 3490. The van der Waals surface area contributed by atoms with E-state index in [2.05, 4.69) is 79.7 Å². The van der Waals surface area contributed by atoms with Crippen LogP contribution in [-0.4, -0.2) is 119 Å². The second kappa shape index (κ2) is 22.1. The van der Waals surface area contributed by atoms with E-state index in [0.717, 1.165) is 137 Å². The summed E-state index contributed by atoms with van der Waals surface area (Å²) in [6.45, 7) is 8.71. The van der Waals surface area contributed by atoms with Crippen molar-refractivity contribution in [3.8, 4) is 0 Å². The molecule has 0 amide bonds. The van der Waals surface area contributed by atoms with E-state index in [0.29, 0.717) is 75.5 Å². The smallest absolute Gasteiger partial charge is 0.391 e. The van der Waals surface area contributed by atoms with Crippen molar-refractivity contribution in [2.45, 2.75) is 159 Å². The molecular weight excluding hydrogens is 1060 g/mol. The zero-order chi connectivity index (χ0) is 56.5. The number of rotatable bonds is 16. The summed E-state index contributed by atoms with van der Waals surface area (Å²) in [7, 11) is 2.18. The van der Waals surface area contributed by atoms with E-state index in [-0.39, 0.29) is 28.2 Å². The number of benzene rings is 2.